The molecule has 2 atom stereocenters. The van der Waals surface area contributed by atoms with Crippen molar-refractivity contribution < 1.29 is 19.1 Å². The van der Waals surface area contributed by atoms with Gasteiger partial charge in [0.1, 0.15) is 12.6 Å². The Morgan fingerprint density at radius 2 is 2.19 bits per heavy atom. The van der Waals surface area contributed by atoms with E-state index < -0.39 is 6.04 Å². The van der Waals surface area contributed by atoms with Gasteiger partial charge in [0.05, 0.1) is 17.5 Å². The standard InChI is InChI=1S/C19H22N2O4S/c22-18(15-9-20-16-7-2-1-6-14(15)16)21-12-26-11-17(21)19(23)25-10-13-5-3-4-8-24-13/h1-2,6-7,9,13,17,20H,3-5,8,10-12H2/t13-,17-/m1/s1. The molecule has 0 bridgehead atoms. The van der Waals surface area contributed by atoms with Crippen LogP contribution in [0.25, 0.3) is 10.9 Å². The van der Waals surface area contributed by atoms with Crippen molar-refractivity contribution in [2.75, 3.05) is 24.8 Å². The summed E-state index contributed by atoms with van der Waals surface area (Å²) in [7, 11) is 0. The molecule has 0 radical (unpaired) electrons. The van der Waals surface area contributed by atoms with Crippen molar-refractivity contribution in [1.82, 2.24) is 9.88 Å². The third-order valence-corrected chi connectivity index (χ3v) is 5.93. The Bertz CT molecular complexity index is 800. The van der Waals surface area contributed by atoms with E-state index in [1.54, 1.807) is 22.9 Å². The van der Waals surface area contributed by atoms with Gasteiger partial charge < -0.3 is 19.4 Å². The summed E-state index contributed by atoms with van der Waals surface area (Å²) in [5.74, 6) is 0.594. The molecular formula is C19H22N2O4S. The lowest BCUT2D eigenvalue weighted by Gasteiger charge is -2.25. The van der Waals surface area contributed by atoms with E-state index in [1.165, 1.54) is 0 Å². The van der Waals surface area contributed by atoms with Crippen LogP contribution in [0.1, 0.15) is 29.6 Å². The molecule has 4 rings (SSSR count). The van der Waals surface area contributed by atoms with E-state index in [0.717, 1.165) is 36.8 Å². The Balaban J connectivity index is 1.43. The van der Waals surface area contributed by atoms with E-state index in [4.69, 9.17) is 9.47 Å². The second kappa shape index (κ2) is 7.72. The first-order valence-corrected chi connectivity index (χ1v) is 10.1. The highest BCUT2D eigenvalue weighted by Crippen LogP contribution is 2.27. The number of rotatable bonds is 4. The van der Waals surface area contributed by atoms with Crippen LogP contribution in [0.3, 0.4) is 0 Å². The number of thioether (sulfide) groups is 1. The van der Waals surface area contributed by atoms with E-state index >= 15 is 0 Å². The molecule has 2 saturated heterocycles. The second-order valence-corrected chi connectivity index (χ2v) is 7.66. The van der Waals surface area contributed by atoms with Gasteiger partial charge in [-0.05, 0) is 25.3 Å². The number of fused-ring (bicyclic) bond motifs is 1. The van der Waals surface area contributed by atoms with Crippen LogP contribution in [0, 0.1) is 0 Å². The number of carbonyl (C=O) groups is 2. The van der Waals surface area contributed by atoms with Crippen molar-refractivity contribution in [3.63, 3.8) is 0 Å². The van der Waals surface area contributed by atoms with Crippen LogP contribution >= 0.6 is 11.8 Å². The molecule has 2 fully saturated rings. The number of nitrogens with zero attached hydrogens (tertiary/aromatic N) is 1. The van der Waals surface area contributed by atoms with Crippen molar-refractivity contribution in [3.05, 3.63) is 36.0 Å². The number of esters is 1. The minimum Gasteiger partial charge on any atom is -0.461 e. The molecule has 138 valence electrons. The van der Waals surface area contributed by atoms with Crippen molar-refractivity contribution >= 4 is 34.5 Å². The quantitative estimate of drug-likeness (QED) is 0.833. The summed E-state index contributed by atoms with van der Waals surface area (Å²) < 4.78 is 11.1. The van der Waals surface area contributed by atoms with Crippen LogP contribution in [-0.4, -0.2) is 58.7 Å². The third-order valence-electron chi connectivity index (χ3n) is 4.92. The molecule has 0 spiro atoms. The lowest BCUT2D eigenvalue weighted by atomic mass is 10.1. The molecule has 1 aromatic heterocycles. The first kappa shape index (κ1) is 17.4. The average molecular weight is 374 g/mol. The van der Waals surface area contributed by atoms with Gasteiger partial charge in [-0.2, -0.15) is 0 Å². The minimum absolute atomic E-state index is 0.0143. The molecule has 0 aliphatic carbocycles. The Morgan fingerprint density at radius 3 is 3.04 bits per heavy atom. The number of amides is 1. The van der Waals surface area contributed by atoms with Crippen molar-refractivity contribution in [2.24, 2.45) is 0 Å². The molecule has 1 N–H and O–H groups in total. The Labute approximate surface area is 156 Å². The molecular weight excluding hydrogens is 352 g/mol. The summed E-state index contributed by atoms with van der Waals surface area (Å²) in [5.41, 5.74) is 1.51. The maximum atomic E-state index is 13.0. The Morgan fingerprint density at radius 1 is 1.31 bits per heavy atom. The summed E-state index contributed by atoms with van der Waals surface area (Å²) in [5, 5.41) is 0.872. The van der Waals surface area contributed by atoms with Gasteiger partial charge in [0.15, 0.2) is 0 Å². The predicted molar refractivity (Wildman–Crippen MR) is 100 cm³/mol. The van der Waals surface area contributed by atoms with Crippen LogP contribution in [0.15, 0.2) is 30.5 Å². The molecule has 7 heteroatoms. The molecule has 3 heterocycles. The minimum atomic E-state index is -0.537. The molecule has 0 unspecified atom stereocenters. The smallest absolute Gasteiger partial charge is 0.329 e. The van der Waals surface area contributed by atoms with Gasteiger partial charge >= 0.3 is 5.97 Å². The monoisotopic (exact) mass is 374 g/mol. The highest BCUT2D eigenvalue weighted by atomic mass is 32.2. The number of aromatic nitrogens is 1. The van der Waals surface area contributed by atoms with E-state index in [-0.39, 0.29) is 24.6 Å². The molecule has 2 aliphatic heterocycles. The fourth-order valence-electron chi connectivity index (χ4n) is 3.45. The van der Waals surface area contributed by atoms with Crippen LogP contribution in [0.4, 0.5) is 0 Å². The van der Waals surface area contributed by atoms with Gasteiger partial charge in [0, 0.05) is 29.5 Å². The van der Waals surface area contributed by atoms with Gasteiger partial charge in [0.25, 0.3) is 5.91 Å². The maximum absolute atomic E-state index is 13.0. The summed E-state index contributed by atoms with van der Waals surface area (Å²) in [6.45, 7) is 1.00. The molecule has 1 amide bonds. The zero-order valence-corrected chi connectivity index (χ0v) is 15.3. The van der Waals surface area contributed by atoms with E-state index in [1.807, 2.05) is 24.3 Å². The number of aromatic amines is 1. The summed E-state index contributed by atoms with van der Waals surface area (Å²) in [6.07, 6.45) is 4.79. The number of benzene rings is 1. The number of para-hydroxylation sites is 1. The molecule has 2 aliphatic rings. The zero-order valence-electron chi connectivity index (χ0n) is 14.5. The number of H-pyrrole nitrogens is 1. The van der Waals surface area contributed by atoms with Crippen molar-refractivity contribution in [1.29, 1.82) is 0 Å². The van der Waals surface area contributed by atoms with Crippen LogP contribution in [0.2, 0.25) is 0 Å². The number of hydrogen-bond donors (Lipinski definition) is 1. The number of nitrogens with one attached hydrogen (secondary N) is 1. The first-order chi connectivity index (χ1) is 12.7. The summed E-state index contributed by atoms with van der Waals surface area (Å²) >= 11 is 1.57. The van der Waals surface area contributed by atoms with Gasteiger partial charge in [0.2, 0.25) is 0 Å². The topological polar surface area (TPSA) is 71.6 Å². The Kier molecular flexibility index (Phi) is 5.17. The second-order valence-electron chi connectivity index (χ2n) is 6.66. The van der Waals surface area contributed by atoms with Crippen LogP contribution < -0.4 is 0 Å². The fraction of sp³-hybridized carbons (Fsp3) is 0.474. The number of hydrogen-bond acceptors (Lipinski definition) is 5. The van der Waals surface area contributed by atoms with E-state index in [0.29, 0.717) is 17.2 Å². The zero-order chi connectivity index (χ0) is 17.9. The van der Waals surface area contributed by atoms with Crippen LogP contribution in [-0.2, 0) is 14.3 Å². The lowest BCUT2D eigenvalue weighted by Crippen LogP contribution is -2.43. The van der Waals surface area contributed by atoms with Crippen molar-refractivity contribution in [3.8, 4) is 0 Å². The van der Waals surface area contributed by atoms with E-state index in [9.17, 15) is 9.59 Å². The van der Waals surface area contributed by atoms with Gasteiger partial charge in [-0.15, -0.1) is 11.8 Å². The van der Waals surface area contributed by atoms with Gasteiger partial charge in [-0.25, -0.2) is 4.79 Å². The summed E-state index contributed by atoms with van der Waals surface area (Å²) in [6, 6.07) is 7.13. The lowest BCUT2D eigenvalue weighted by molar-refractivity contribution is -0.153. The highest BCUT2D eigenvalue weighted by molar-refractivity contribution is 7.99. The molecule has 0 saturated carbocycles. The number of carbonyl (C=O) groups excluding carboxylic acids is 2. The SMILES string of the molecule is O=C(OC[C@H]1CCCCO1)[C@H]1CSCN1C(=O)c1c[nH]c2ccccc12. The van der Waals surface area contributed by atoms with Gasteiger partial charge in [-0.1, -0.05) is 18.2 Å². The molecule has 2 aromatic rings. The normalized spacial score (nSPS) is 23.3. The van der Waals surface area contributed by atoms with Crippen LogP contribution in [0.5, 0.6) is 0 Å². The first-order valence-electron chi connectivity index (χ1n) is 8.97. The Hall–Kier alpha value is -1.99. The fourth-order valence-corrected chi connectivity index (χ4v) is 4.59. The average Bonchev–Trinajstić information content (AvgIpc) is 3.33. The van der Waals surface area contributed by atoms with Gasteiger partial charge in [-0.3, -0.25) is 4.79 Å². The molecule has 1 aromatic carbocycles. The van der Waals surface area contributed by atoms with Crippen molar-refractivity contribution in [2.45, 2.75) is 31.4 Å². The van der Waals surface area contributed by atoms with E-state index in [2.05, 4.69) is 4.98 Å². The maximum Gasteiger partial charge on any atom is 0.329 e. The summed E-state index contributed by atoms with van der Waals surface area (Å²) in [4.78, 5) is 30.3. The largest absolute Gasteiger partial charge is 0.461 e. The highest BCUT2D eigenvalue weighted by Gasteiger charge is 2.37. The molecule has 6 nitrogen and oxygen atoms in total. The predicted octanol–water partition coefficient (Wildman–Crippen LogP) is 2.80. The molecule has 26 heavy (non-hydrogen) atoms. The third kappa shape index (κ3) is 3.46. The number of ether oxygens (including phenoxy) is 2.